The van der Waals surface area contributed by atoms with Crippen LogP contribution in [0.15, 0.2) is 58.4 Å². The number of amidine groups is 1. The first kappa shape index (κ1) is 16.3. The third-order valence-electron chi connectivity index (χ3n) is 3.39. The van der Waals surface area contributed by atoms with Crippen molar-refractivity contribution in [3.63, 3.8) is 0 Å². The van der Waals surface area contributed by atoms with E-state index in [-0.39, 0.29) is 5.91 Å². The summed E-state index contributed by atoms with van der Waals surface area (Å²) in [5.74, 6) is 0.627. The lowest BCUT2D eigenvalue weighted by Gasteiger charge is -2.06. The van der Waals surface area contributed by atoms with Gasteiger partial charge in [0.15, 0.2) is 5.17 Å². The molecule has 3 rings (SSSR count). The number of para-hydroxylation sites is 1. The van der Waals surface area contributed by atoms with Crippen molar-refractivity contribution in [2.75, 3.05) is 6.61 Å². The molecule has 24 heavy (non-hydrogen) atoms. The summed E-state index contributed by atoms with van der Waals surface area (Å²) in [5.41, 5.74) is 2.84. The predicted octanol–water partition coefficient (Wildman–Crippen LogP) is 4.29. The van der Waals surface area contributed by atoms with Gasteiger partial charge in [-0.1, -0.05) is 30.3 Å². The number of rotatable bonds is 4. The molecule has 0 aliphatic carbocycles. The standard InChI is InChI=1S/C19H18N2O2S/c1-3-23-16-10-5-4-8-14(16)12-17-18(22)21-19(24-17)20-15-9-6-7-13(2)11-15/h4-12H,3H2,1-2H3,(H,20,21,22)/b17-12-. The monoisotopic (exact) mass is 338 g/mol. The highest BCUT2D eigenvalue weighted by Crippen LogP contribution is 2.30. The van der Waals surface area contributed by atoms with E-state index in [1.165, 1.54) is 11.8 Å². The highest BCUT2D eigenvalue weighted by molar-refractivity contribution is 8.18. The number of amides is 1. The van der Waals surface area contributed by atoms with Gasteiger partial charge in [-0.15, -0.1) is 0 Å². The number of thioether (sulfide) groups is 1. The van der Waals surface area contributed by atoms with E-state index in [1.54, 1.807) is 0 Å². The Kier molecular flexibility index (Phi) is 5.01. The Morgan fingerprint density at radius 3 is 2.83 bits per heavy atom. The van der Waals surface area contributed by atoms with Crippen LogP contribution >= 0.6 is 11.8 Å². The molecule has 1 aliphatic heterocycles. The first-order valence-corrected chi connectivity index (χ1v) is 8.55. The molecule has 0 atom stereocenters. The van der Waals surface area contributed by atoms with Crippen LogP contribution in [0.3, 0.4) is 0 Å². The van der Waals surface area contributed by atoms with Gasteiger partial charge < -0.3 is 10.1 Å². The number of hydrogen-bond donors (Lipinski definition) is 1. The number of benzene rings is 2. The van der Waals surface area contributed by atoms with Crippen LogP contribution in [0.2, 0.25) is 0 Å². The van der Waals surface area contributed by atoms with E-state index in [0.717, 1.165) is 22.6 Å². The molecule has 2 aromatic rings. The average molecular weight is 338 g/mol. The van der Waals surface area contributed by atoms with Crippen molar-refractivity contribution in [1.82, 2.24) is 5.32 Å². The summed E-state index contributed by atoms with van der Waals surface area (Å²) in [5, 5.41) is 3.40. The highest BCUT2D eigenvalue weighted by atomic mass is 32.2. The number of ether oxygens (including phenoxy) is 1. The fourth-order valence-corrected chi connectivity index (χ4v) is 3.16. The Hall–Kier alpha value is -2.53. The quantitative estimate of drug-likeness (QED) is 0.846. The molecule has 0 bridgehead atoms. The fourth-order valence-electron chi connectivity index (χ4n) is 2.32. The molecule has 2 aromatic carbocycles. The van der Waals surface area contributed by atoms with Crippen LogP contribution in [-0.2, 0) is 4.79 Å². The van der Waals surface area contributed by atoms with Gasteiger partial charge in [-0.05, 0) is 55.4 Å². The zero-order chi connectivity index (χ0) is 16.9. The number of nitrogens with zero attached hydrogens (tertiary/aromatic N) is 1. The number of aryl methyl sites for hydroxylation is 1. The molecule has 4 nitrogen and oxygen atoms in total. The molecule has 0 aromatic heterocycles. The van der Waals surface area contributed by atoms with Gasteiger partial charge in [0, 0.05) is 5.56 Å². The number of carbonyl (C=O) groups excluding carboxylic acids is 1. The molecule has 0 spiro atoms. The average Bonchev–Trinajstić information content (AvgIpc) is 2.89. The Labute approximate surface area is 145 Å². The van der Waals surface area contributed by atoms with Crippen LogP contribution < -0.4 is 10.1 Å². The molecule has 1 saturated heterocycles. The minimum atomic E-state index is -0.141. The Morgan fingerprint density at radius 1 is 1.21 bits per heavy atom. The minimum Gasteiger partial charge on any atom is -0.493 e. The summed E-state index contributed by atoms with van der Waals surface area (Å²) in [6.07, 6.45) is 1.84. The van der Waals surface area contributed by atoms with Gasteiger partial charge in [-0.3, -0.25) is 4.79 Å². The van der Waals surface area contributed by atoms with Gasteiger partial charge in [-0.2, -0.15) is 0 Å². The molecular formula is C19H18N2O2S. The third kappa shape index (κ3) is 3.86. The van der Waals surface area contributed by atoms with E-state index < -0.39 is 0 Å². The largest absolute Gasteiger partial charge is 0.493 e. The van der Waals surface area contributed by atoms with Crippen LogP contribution in [0.1, 0.15) is 18.1 Å². The van der Waals surface area contributed by atoms with Gasteiger partial charge in [0.2, 0.25) is 0 Å². The van der Waals surface area contributed by atoms with E-state index >= 15 is 0 Å². The van der Waals surface area contributed by atoms with Crippen LogP contribution in [0.4, 0.5) is 5.69 Å². The minimum absolute atomic E-state index is 0.141. The van der Waals surface area contributed by atoms with E-state index in [0.29, 0.717) is 16.7 Å². The van der Waals surface area contributed by atoms with Crippen molar-refractivity contribution in [3.05, 3.63) is 64.6 Å². The number of nitrogens with one attached hydrogen (secondary N) is 1. The smallest absolute Gasteiger partial charge is 0.264 e. The lowest BCUT2D eigenvalue weighted by atomic mass is 10.2. The molecule has 1 aliphatic rings. The van der Waals surface area contributed by atoms with Gasteiger partial charge >= 0.3 is 0 Å². The lowest BCUT2D eigenvalue weighted by molar-refractivity contribution is -0.115. The number of hydrogen-bond acceptors (Lipinski definition) is 4. The topological polar surface area (TPSA) is 50.7 Å². The van der Waals surface area contributed by atoms with E-state index in [2.05, 4.69) is 10.3 Å². The first-order valence-electron chi connectivity index (χ1n) is 7.74. The summed E-state index contributed by atoms with van der Waals surface area (Å²) < 4.78 is 5.60. The second-order valence-electron chi connectivity index (χ2n) is 5.29. The normalized spacial score (nSPS) is 17.3. The number of carbonyl (C=O) groups is 1. The van der Waals surface area contributed by atoms with Crippen LogP contribution in [-0.4, -0.2) is 17.7 Å². The summed E-state index contributed by atoms with van der Waals surface area (Å²) in [6.45, 7) is 4.53. The summed E-state index contributed by atoms with van der Waals surface area (Å²) >= 11 is 1.34. The van der Waals surface area contributed by atoms with Crippen molar-refractivity contribution >= 4 is 34.6 Å². The van der Waals surface area contributed by atoms with E-state index in [9.17, 15) is 4.79 Å². The van der Waals surface area contributed by atoms with Crippen LogP contribution in [0.25, 0.3) is 6.08 Å². The molecule has 1 amide bonds. The van der Waals surface area contributed by atoms with Gasteiger partial charge in [0.05, 0.1) is 17.2 Å². The summed E-state index contributed by atoms with van der Waals surface area (Å²) in [6, 6.07) is 15.5. The van der Waals surface area contributed by atoms with Crippen molar-refractivity contribution in [2.24, 2.45) is 4.99 Å². The van der Waals surface area contributed by atoms with E-state index in [1.807, 2.05) is 68.5 Å². The molecule has 0 unspecified atom stereocenters. The fraction of sp³-hybridized carbons (Fsp3) is 0.158. The van der Waals surface area contributed by atoms with Gasteiger partial charge in [-0.25, -0.2) is 4.99 Å². The lowest BCUT2D eigenvalue weighted by Crippen LogP contribution is -2.19. The van der Waals surface area contributed by atoms with Crippen molar-refractivity contribution in [2.45, 2.75) is 13.8 Å². The second-order valence-corrected chi connectivity index (χ2v) is 6.32. The SMILES string of the molecule is CCOc1ccccc1/C=C1\SC(=Nc2cccc(C)c2)NC1=O. The molecule has 1 heterocycles. The molecule has 5 heteroatoms. The third-order valence-corrected chi connectivity index (χ3v) is 4.30. The molecule has 1 fully saturated rings. The number of aliphatic imine (C=N–C) groups is 1. The van der Waals surface area contributed by atoms with Gasteiger partial charge in [0.1, 0.15) is 5.75 Å². The van der Waals surface area contributed by atoms with Crippen molar-refractivity contribution in [3.8, 4) is 5.75 Å². The Morgan fingerprint density at radius 2 is 2.04 bits per heavy atom. The Bertz CT molecular complexity index is 828. The molecular weight excluding hydrogens is 320 g/mol. The predicted molar refractivity (Wildman–Crippen MR) is 99.6 cm³/mol. The van der Waals surface area contributed by atoms with Crippen molar-refractivity contribution in [1.29, 1.82) is 0 Å². The van der Waals surface area contributed by atoms with E-state index in [4.69, 9.17) is 4.74 Å². The maximum atomic E-state index is 12.2. The second kappa shape index (κ2) is 7.36. The summed E-state index contributed by atoms with van der Waals surface area (Å²) in [7, 11) is 0. The maximum absolute atomic E-state index is 12.2. The van der Waals surface area contributed by atoms with Crippen LogP contribution in [0, 0.1) is 6.92 Å². The Balaban J connectivity index is 1.85. The molecule has 122 valence electrons. The van der Waals surface area contributed by atoms with Crippen LogP contribution in [0.5, 0.6) is 5.75 Å². The first-order chi connectivity index (χ1) is 11.7. The molecule has 0 saturated carbocycles. The molecule has 0 radical (unpaired) electrons. The zero-order valence-corrected chi connectivity index (χ0v) is 14.4. The molecule has 1 N–H and O–H groups in total. The van der Waals surface area contributed by atoms with Crippen molar-refractivity contribution < 1.29 is 9.53 Å². The summed E-state index contributed by atoms with van der Waals surface area (Å²) in [4.78, 5) is 17.3. The zero-order valence-electron chi connectivity index (χ0n) is 13.6. The maximum Gasteiger partial charge on any atom is 0.264 e. The van der Waals surface area contributed by atoms with Gasteiger partial charge in [0.25, 0.3) is 5.91 Å². The highest BCUT2D eigenvalue weighted by Gasteiger charge is 2.24.